The van der Waals surface area contributed by atoms with Crippen LogP contribution in [-0.4, -0.2) is 5.78 Å². The van der Waals surface area contributed by atoms with E-state index in [0.717, 1.165) is 11.1 Å². The number of rotatable bonds is 3. The number of hydrogen-bond donors (Lipinski definition) is 0. The van der Waals surface area contributed by atoms with Crippen molar-refractivity contribution in [3.05, 3.63) is 96.1 Å². The van der Waals surface area contributed by atoms with E-state index in [1.807, 2.05) is 91.9 Å². The Kier molecular flexibility index (Phi) is 7.45. The molecule has 0 aromatic heterocycles. The molecule has 3 aromatic rings. The number of Topliss-reactive ketones (excluding diaryl/α,β-unsaturated/α-hetero) is 1. The first-order valence-electron chi connectivity index (χ1n) is 6.76. The summed E-state index contributed by atoms with van der Waals surface area (Å²) in [4.78, 5) is 12.0. The summed E-state index contributed by atoms with van der Waals surface area (Å²) in [6.07, 6.45) is 0. The van der Waals surface area contributed by atoms with Crippen molar-refractivity contribution in [1.82, 2.24) is 0 Å². The maximum absolute atomic E-state index is 12.0. The van der Waals surface area contributed by atoms with Crippen molar-refractivity contribution in [2.45, 2.75) is 12.8 Å². The molecule has 0 amide bonds. The van der Waals surface area contributed by atoms with Crippen molar-refractivity contribution in [1.29, 1.82) is 0 Å². The first-order valence-corrected chi connectivity index (χ1v) is 6.76. The molecule has 0 aliphatic carbocycles. The van der Waals surface area contributed by atoms with Crippen molar-refractivity contribution < 1.29 is 21.9 Å². The van der Waals surface area contributed by atoms with Crippen molar-refractivity contribution in [2.24, 2.45) is 0 Å². The van der Waals surface area contributed by atoms with E-state index in [1.165, 1.54) is 0 Å². The van der Waals surface area contributed by atoms with Gasteiger partial charge in [-0.2, -0.15) is 12.1 Å². The van der Waals surface area contributed by atoms with Gasteiger partial charge in [-0.15, -0.1) is 5.56 Å². The predicted molar refractivity (Wildman–Crippen MR) is 83.3 cm³/mol. The Morgan fingerprint density at radius 2 is 1.38 bits per heavy atom. The quantitative estimate of drug-likeness (QED) is 0.385. The molecule has 0 saturated carbocycles. The van der Waals surface area contributed by atoms with Gasteiger partial charge in [0.25, 0.3) is 0 Å². The molecule has 114 valence electrons. The summed E-state index contributed by atoms with van der Waals surface area (Å²) in [6, 6.07) is 27.3. The number of ketones is 1. The summed E-state index contributed by atoms with van der Waals surface area (Å²) < 4.78 is 0. The van der Waals surface area contributed by atoms with Gasteiger partial charge in [-0.1, -0.05) is 37.3 Å². The van der Waals surface area contributed by atoms with Crippen LogP contribution in [0.15, 0.2) is 84.9 Å². The van der Waals surface area contributed by atoms with Crippen LogP contribution in [0.3, 0.4) is 0 Å². The summed E-state index contributed by atoms with van der Waals surface area (Å²) in [5, 5.41) is 0. The minimum Gasteiger partial charge on any atom is -0.748 e. The number of carbonyl (C=O) groups excluding carboxylic acids is 1. The molecule has 0 heterocycles. The average Bonchev–Trinajstić information content (AvgIpc) is 3.21. The zero-order chi connectivity index (χ0) is 14.2. The third-order valence-electron chi connectivity index (χ3n) is 3.20. The molecule has 21 heavy (non-hydrogen) atoms. The molecule has 0 aliphatic heterocycles. The predicted octanol–water partition coefficient (Wildman–Crippen LogP) is 4.79. The second-order valence-electron chi connectivity index (χ2n) is 4.63. The SMILES string of the molecule is CC(C(=O)c1ccccc1)[c-]1cccc1.[Fe].[cH-]1[cH-][cH-][cH-][cH-]1. The second-order valence-corrected chi connectivity index (χ2v) is 4.63. The molecule has 0 fully saturated rings. The number of benzene rings is 1. The molecule has 1 nitrogen and oxygen atoms in total. The van der Waals surface area contributed by atoms with Gasteiger partial charge >= 0.3 is 0 Å². The van der Waals surface area contributed by atoms with E-state index in [-0.39, 0.29) is 28.8 Å². The zero-order valence-corrected chi connectivity index (χ0v) is 13.0. The minimum absolute atomic E-state index is 0. The molecule has 0 aliphatic rings. The molecule has 2 heteroatoms. The van der Waals surface area contributed by atoms with Crippen LogP contribution in [0.1, 0.15) is 28.8 Å². The van der Waals surface area contributed by atoms with Crippen LogP contribution >= 0.6 is 0 Å². The van der Waals surface area contributed by atoms with Crippen molar-refractivity contribution in [2.75, 3.05) is 0 Å². The fourth-order valence-electron chi connectivity index (χ4n) is 2.00. The second kappa shape index (κ2) is 9.12. The van der Waals surface area contributed by atoms with Gasteiger partial charge < -0.3 is 30.3 Å². The van der Waals surface area contributed by atoms with Crippen LogP contribution in [0, 0.1) is 0 Å². The average molecular weight is 318 g/mol. The Morgan fingerprint density at radius 1 is 0.905 bits per heavy atom. The van der Waals surface area contributed by atoms with E-state index in [9.17, 15) is 4.79 Å². The van der Waals surface area contributed by atoms with Crippen LogP contribution in [0.5, 0.6) is 0 Å². The first-order chi connectivity index (χ1) is 9.79. The van der Waals surface area contributed by atoms with Crippen LogP contribution in [-0.2, 0) is 17.1 Å². The topological polar surface area (TPSA) is 17.1 Å². The van der Waals surface area contributed by atoms with Crippen molar-refractivity contribution in [3.63, 3.8) is 0 Å². The van der Waals surface area contributed by atoms with Gasteiger partial charge in [-0.05, 0) is 5.92 Å². The van der Waals surface area contributed by atoms with Gasteiger partial charge in [0.05, 0.1) is 0 Å². The van der Waals surface area contributed by atoms with Crippen molar-refractivity contribution >= 4 is 5.78 Å². The largest absolute Gasteiger partial charge is 0.748 e. The van der Waals surface area contributed by atoms with Gasteiger partial charge in [-0.3, -0.25) is 4.79 Å². The smallest absolute Gasteiger partial charge is 0.158 e. The molecule has 0 N–H and O–H groups in total. The first kappa shape index (κ1) is 17.2. The van der Waals surface area contributed by atoms with Gasteiger partial charge in [-0.25, -0.2) is 12.1 Å². The van der Waals surface area contributed by atoms with Crippen molar-refractivity contribution in [3.8, 4) is 0 Å². The van der Waals surface area contributed by atoms with Gasteiger partial charge in [0.2, 0.25) is 0 Å². The summed E-state index contributed by atoms with van der Waals surface area (Å²) in [6.45, 7) is 1.95. The third kappa shape index (κ3) is 5.18. The number of carbonyl (C=O) groups is 1. The van der Waals surface area contributed by atoms with E-state index in [2.05, 4.69) is 0 Å². The molecule has 0 saturated heterocycles. The van der Waals surface area contributed by atoms with E-state index >= 15 is 0 Å². The van der Waals surface area contributed by atoms with E-state index in [1.54, 1.807) is 0 Å². The molecule has 1 unspecified atom stereocenters. The van der Waals surface area contributed by atoms with E-state index < -0.39 is 0 Å². The number of hydrogen-bond acceptors (Lipinski definition) is 1. The fraction of sp³-hybridized carbons (Fsp3) is 0.105. The normalized spacial score (nSPS) is 10.7. The summed E-state index contributed by atoms with van der Waals surface area (Å²) >= 11 is 0. The Labute approximate surface area is 136 Å². The van der Waals surface area contributed by atoms with Crippen LogP contribution in [0.2, 0.25) is 0 Å². The summed E-state index contributed by atoms with van der Waals surface area (Å²) in [5.74, 6) is 0.129. The van der Waals surface area contributed by atoms with Crippen LogP contribution in [0.25, 0.3) is 0 Å². The molecule has 0 bridgehead atoms. The maximum atomic E-state index is 12.0. The minimum atomic E-state index is -0.0533. The Morgan fingerprint density at radius 3 is 1.86 bits per heavy atom. The maximum Gasteiger partial charge on any atom is 0.158 e. The molecule has 3 rings (SSSR count). The fourth-order valence-corrected chi connectivity index (χ4v) is 2.00. The molecule has 3 aromatic carbocycles. The zero-order valence-electron chi connectivity index (χ0n) is 11.9. The Balaban J connectivity index is 0.000000313. The van der Waals surface area contributed by atoms with Gasteiger partial charge in [0, 0.05) is 22.6 Å². The van der Waals surface area contributed by atoms with E-state index in [0.29, 0.717) is 0 Å². The van der Waals surface area contributed by atoms with Gasteiger partial charge in [0.1, 0.15) is 0 Å². The molecular weight excluding hydrogens is 300 g/mol. The molecular formula is C19H18FeO-6. The molecule has 0 radical (unpaired) electrons. The third-order valence-corrected chi connectivity index (χ3v) is 3.20. The summed E-state index contributed by atoms with van der Waals surface area (Å²) in [5.41, 5.74) is 1.87. The van der Waals surface area contributed by atoms with Crippen LogP contribution < -0.4 is 0 Å². The molecule has 1 atom stereocenters. The Bertz CT molecular complexity index is 577. The van der Waals surface area contributed by atoms with Crippen LogP contribution in [0.4, 0.5) is 0 Å². The molecule has 0 spiro atoms. The standard InChI is InChI=1S/C14H13O.C5H5.Fe/c1-11(12-7-5-6-8-12)14(15)13-9-3-2-4-10-13;1-2-4-5-3-1;/h2-11H,1H3;1-5H;/q-1;-5;. The monoisotopic (exact) mass is 318 g/mol. The Hall–Kier alpha value is -1.89. The van der Waals surface area contributed by atoms with E-state index in [4.69, 9.17) is 0 Å². The summed E-state index contributed by atoms with van der Waals surface area (Å²) in [7, 11) is 0. The van der Waals surface area contributed by atoms with Gasteiger partial charge in [0.15, 0.2) is 5.78 Å².